The Hall–Kier alpha value is -4.58. The highest BCUT2D eigenvalue weighted by Crippen LogP contribution is 2.36. The largest absolute Gasteiger partial charge is 0.495 e. The highest BCUT2D eigenvalue weighted by atomic mass is 35.5. The molecule has 262 valence electrons. The maximum Gasteiger partial charge on any atom is 0.414 e. The average molecular weight is 722 g/mol. The minimum absolute atomic E-state index is 0.168. The van der Waals surface area contributed by atoms with Crippen LogP contribution < -0.4 is 19.1 Å². The fourth-order valence-electron chi connectivity index (χ4n) is 6.39. The number of rotatable bonds is 12. The molecule has 5 heterocycles. The molecule has 3 aliphatic rings. The van der Waals surface area contributed by atoms with Gasteiger partial charge in [0.15, 0.2) is 11.5 Å². The van der Waals surface area contributed by atoms with Crippen LogP contribution >= 0.6 is 23.2 Å². The van der Waals surface area contributed by atoms with E-state index in [0.717, 1.165) is 38.0 Å². The number of fused-ring (bicyclic) bond motifs is 3. The van der Waals surface area contributed by atoms with Crippen LogP contribution in [0.15, 0.2) is 73.3 Å². The number of ether oxygens (including phenoxy) is 5. The number of piperidine rings is 3. The minimum Gasteiger partial charge on any atom is -0.495 e. The van der Waals surface area contributed by atoms with E-state index in [1.165, 1.54) is 24.4 Å². The molecule has 3 saturated heterocycles. The van der Waals surface area contributed by atoms with E-state index in [9.17, 15) is 9.59 Å². The lowest BCUT2D eigenvalue weighted by Gasteiger charge is -2.44. The van der Waals surface area contributed by atoms with Crippen LogP contribution in [0.5, 0.6) is 17.2 Å². The maximum atomic E-state index is 13.7. The summed E-state index contributed by atoms with van der Waals surface area (Å²) in [7, 11) is 4.62. The number of hydrogen-bond donors (Lipinski definition) is 0. The van der Waals surface area contributed by atoms with Gasteiger partial charge in [-0.25, -0.2) is 9.59 Å². The van der Waals surface area contributed by atoms with Gasteiger partial charge in [-0.15, -0.1) is 0 Å². The molecule has 7 rings (SSSR count). The van der Waals surface area contributed by atoms with Crippen molar-refractivity contribution in [3.05, 3.63) is 106 Å². The summed E-state index contributed by atoms with van der Waals surface area (Å²) in [6.07, 6.45) is 6.97. The summed E-state index contributed by atoms with van der Waals surface area (Å²) in [5.41, 5.74) is 2.85. The van der Waals surface area contributed by atoms with Gasteiger partial charge < -0.3 is 23.7 Å². The van der Waals surface area contributed by atoms with Crippen LogP contribution in [0.25, 0.3) is 0 Å². The first kappa shape index (κ1) is 35.3. The van der Waals surface area contributed by atoms with E-state index < -0.39 is 18.2 Å². The standard InChI is InChI=1S/C37H38Cl2N4O7/c1-46-28-15-27(17-40-18-28)43(37(45)50-35-22-42-12-10-24(35)11-13-42)21-23-4-6-25(7-5-23)36(44)49-33(16-29-30(38)19-41-20-31(29)39)26-8-9-32(47-2)34(14-26)48-3/h4-9,14-15,17-20,24,33,35H,10-13,16,21-22H2,1-3H3/t33-,35-/m0/s1. The van der Waals surface area contributed by atoms with Crippen LogP contribution in [0.3, 0.4) is 0 Å². The number of carbonyl (C=O) groups is 2. The zero-order chi connectivity index (χ0) is 35.2. The Labute approximate surface area is 301 Å². The van der Waals surface area contributed by atoms with Crippen molar-refractivity contribution >= 4 is 41.0 Å². The normalized spacial score (nSPS) is 18.5. The molecule has 50 heavy (non-hydrogen) atoms. The zero-order valence-electron chi connectivity index (χ0n) is 28.0. The molecular weight excluding hydrogens is 683 g/mol. The first-order valence-electron chi connectivity index (χ1n) is 16.3. The summed E-state index contributed by atoms with van der Waals surface area (Å²) < 4.78 is 28.5. The van der Waals surface area contributed by atoms with E-state index >= 15 is 0 Å². The zero-order valence-corrected chi connectivity index (χ0v) is 29.5. The summed E-state index contributed by atoms with van der Waals surface area (Å²) in [4.78, 5) is 39.5. The summed E-state index contributed by atoms with van der Waals surface area (Å²) in [6, 6.07) is 13.9. The fourth-order valence-corrected chi connectivity index (χ4v) is 6.91. The number of benzene rings is 2. The van der Waals surface area contributed by atoms with Gasteiger partial charge in [0, 0.05) is 31.4 Å². The van der Waals surface area contributed by atoms with Gasteiger partial charge in [-0.3, -0.25) is 19.8 Å². The Bertz CT molecular complexity index is 1800. The SMILES string of the molecule is COc1cncc(N(Cc2ccc(C(=O)O[C@@H](Cc3c(Cl)cncc3Cl)c3ccc(OC)c(OC)c3)cc2)C(=O)O[C@H]2CN3CCC2CC3)c1. The van der Waals surface area contributed by atoms with Crippen molar-refractivity contribution in [3.8, 4) is 17.2 Å². The van der Waals surface area contributed by atoms with E-state index in [0.29, 0.717) is 55.6 Å². The van der Waals surface area contributed by atoms with Gasteiger partial charge in [-0.05, 0) is 72.8 Å². The van der Waals surface area contributed by atoms with Gasteiger partial charge in [0.2, 0.25) is 0 Å². The molecule has 2 aromatic heterocycles. The number of halogens is 2. The second-order valence-corrected chi connectivity index (χ2v) is 13.0. The predicted molar refractivity (Wildman–Crippen MR) is 189 cm³/mol. The molecule has 0 spiro atoms. The van der Waals surface area contributed by atoms with Gasteiger partial charge >= 0.3 is 12.1 Å². The summed E-state index contributed by atoms with van der Waals surface area (Å²) in [5, 5.41) is 0.706. The molecule has 11 nitrogen and oxygen atoms in total. The van der Waals surface area contributed by atoms with Crippen LogP contribution in [0.2, 0.25) is 10.0 Å². The first-order chi connectivity index (χ1) is 24.3. The third-order valence-corrected chi connectivity index (χ3v) is 9.87. The van der Waals surface area contributed by atoms with E-state index in [2.05, 4.69) is 14.9 Å². The first-order valence-corrected chi connectivity index (χ1v) is 17.0. The van der Waals surface area contributed by atoms with Gasteiger partial charge in [-0.1, -0.05) is 41.4 Å². The molecule has 2 aromatic carbocycles. The van der Waals surface area contributed by atoms with Crippen LogP contribution in [0, 0.1) is 5.92 Å². The third kappa shape index (κ3) is 8.07. The lowest BCUT2D eigenvalue weighted by Crippen LogP contribution is -2.53. The Balaban J connectivity index is 1.22. The predicted octanol–water partition coefficient (Wildman–Crippen LogP) is 7.19. The van der Waals surface area contributed by atoms with Gasteiger partial charge in [0.05, 0.1) is 61.6 Å². The van der Waals surface area contributed by atoms with Crippen molar-refractivity contribution in [2.75, 3.05) is 45.9 Å². The van der Waals surface area contributed by atoms with Crippen molar-refractivity contribution in [1.29, 1.82) is 0 Å². The molecular formula is C37H38Cl2N4O7. The van der Waals surface area contributed by atoms with E-state index in [4.69, 9.17) is 46.9 Å². The number of amides is 1. The second-order valence-electron chi connectivity index (χ2n) is 12.2. The van der Waals surface area contributed by atoms with Gasteiger partial charge in [-0.2, -0.15) is 0 Å². The summed E-state index contributed by atoms with van der Waals surface area (Å²) in [6.45, 7) is 2.99. The van der Waals surface area contributed by atoms with Crippen molar-refractivity contribution in [1.82, 2.24) is 14.9 Å². The molecule has 0 saturated carbocycles. The molecule has 13 heteroatoms. The number of methoxy groups -OCH3 is 3. The van der Waals surface area contributed by atoms with E-state index in [-0.39, 0.29) is 19.1 Å². The van der Waals surface area contributed by atoms with Crippen LogP contribution in [0.1, 0.15) is 46.0 Å². The third-order valence-electron chi connectivity index (χ3n) is 9.22. The summed E-state index contributed by atoms with van der Waals surface area (Å²) in [5.74, 6) is 1.31. The molecule has 0 N–H and O–H groups in total. The Morgan fingerprint density at radius 3 is 2.22 bits per heavy atom. The van der Waals surface area contributed by atoms with Crippen LogP contribution in [0.4, 0.5) is 10.5 Å². The maximum absolute atomic E-state index is 13.7. The lowest BCUT2D eigenvalue weighted by molar-refractivity contribution is -0.0311. The molecule has 3 aliphatic heterocycles. The second kappa shape index (κ2) is 16.0. The molecule has 3 fully saturated rings. The average Bonchev–Trinajstić information content (AvgIpc) is 3.15. The number of aromatic nitrogens is 2. The highest BCUT2D eigenvalue weighted by molar-refractivity contribution is 6.35. The minimum atomic E-state index is -0.781. The van der Waals surface area contributed by atoms with E-state index in [1.807, 2.05) is 0 Å². The van der Waals surface area contributed by atoms with Crippen molar-refractivity contribution in [2.45, 2.75) is 38.0 Å². The van der Waals surface area contributed by atoms with Gasteiger partial charge in [0.25, 0.3) is 0 Å². The summed E-state index contributed by atoms with van der Waals surface area (Å²) >= 11 is 12.9. The molecule has 0 aliphatic carbocycles. The smallest absolute Gasteiger partial charge is 0.414 e. The number of anilines is 1. The van der Waals surface area contributed by atoms with Crippen molar-refractivity contribution < 1.29 is 33.3 Å². The van der Waals surface area contributed by atoms with Crippen LogP contribution in [-0.2, 0) is 22.4 Å². The Kier molecular flexibility index (Phi) is 11.3. The van der Waals surface area contributed by atoms with Gasteiger partial charge in [0.1, 0.15) is 18.0 Å². The number of pyridine rings is 2. The number of esters is 1. The topological polar surface area (TPSA) is 113 Å². The molecule has 1 amide bonds. The molecule has 0 unspecified atom stereocenters. The lowest BCUT2D eigenvalue weighted by atomic mass is 9.86. The fraction of sp³-hybridized carbons (Fsp3) is 0.351. The van der Waals surface area contributed by atoms with E-state index in [1.54, 1.807) is 75.1 Å². The number of hydrogen-bond acceptors (Lipinski definition) is 10. The van der Waals surface area contributed by atoms with Crippen LogP contribution in [-0.4, -0.2) is 74.0 Å². The van der Waals surface area contributed by atoms with Crippen molar-refractivity contribution in [2.24, 2.45) is 5.92 Å². The molecule has 4 aromatic rings. The number of nitrogens with zero attached hydrogens (tertiary/aromatic N) is 4. The number of carbonyl (C=O) groups excluding carboxylic acids is 2. The van der Waals surface area contributed by atoms with Crippen molar-refractivity contribution in [3.63, 3.8) is 0 Å². The molecule has 0 radical (unpaired) electrons. The Morgan fingerprint density at radius 2 is 1.58 bits per heavy atom. The highest BCUT2D eigenvalue weighted by Gasteiger charge is 2.37. The molecule has 2 bridgehead atoms. The quantitative estimate of drug-likeness (QED) is 0.139. The Morgan fingerprint density at radius 1 is 0.880 bits per heavy atom. The molecule has 2 atom stereocenters. The monoisotopic (exact) mass is 720 g/mol.